The second-order valence-corrected chi connectivity index (χ2v) is 5.17. The molecule has 4 unspecified atom stereocenters. The maximum Gasteiger partial charge on any atom is -0.0197 e. The molecule has 2 aliphatic carbocycles. The zero-order valence-electron chi connectivity index (χ0n) is 7.05. The Bertz CT molecular complexity index is 152. The molecule has 0 amide bonds. The molecule has 2 bridgehead atoms. The summed E-state index contributed by atoms with van der Waals surface area (Å²) < 4.78 is 0. The van der Waals surface area contributed by atoms with E-state index in [-0.39, 0.29) is 0 Å². The van der Waals surface area contributed by atoms with Gasteiger partial charge in [0, 0.05) is 0 Å². The molecule has 0 saturated heterocycles. The Labute approximate surface area is 74.3 Å². The van der Waals surface area contributed by atoms with Gasteiger partial charge in [-0.3, -0.25) is 0 Å². The van der Waals surface area contributed by atoms with Crippen molar-refractivity contribution in [2.45, 2.75) is 25.7 Å². The molecule has 0 radical (unpaired) electrons. The highest BCUT2D eigenvalue weighted by Crippen LogP contribution is 2.57. The molecule has 4 atom stereocenters. The van der Waals surface area contributed by atoms with Crippen molar-refractivity contribution in [2.24, 2.45) is 17.3 Å². The van der Waals surface area contributed by atoms with Crippen molar-refractivity contribution in [3.63, 3.8) is 0 Å². The predicted octanol–water partition coefficient (Wildman–Crippen LogP) is 2.54. The molecule has 2 saturated carbocycles. The van der Waals surface area contributed by atoms with Crippen LogP contribution in [0.25, 0.3) is 0 Å². The lowest BCUT2D eigenvalue weighted by Crippen LogP contribution is -2.31. The fourth-order valence-electron chi connectivity index (χ4n) is 3.14. The number of hydrogen-bond acceptors (Lipinski definition) is 0. The summed E-state index contributed by atoms with van der Waals surface area (Å²) in [5.41, 5.74) is 0.720. The van der Waals surface area contributed by atoms with Gasteiger partial charge in [-0.1, -0.05) is 6.42 Å². The van der Waals surface area contributed by atoms with E-state index in [4.69, 9.17) is 0 Å². The normalized spacial score (nSPS) is 39.8. The average molecular weight is 188 g/mol. The van der Waals surface area contributed by atoms with E-state index in [1.807, 2.05) is 0 Å². The monoisotopic (exact) mass is 188 g/mol. The van der Waals surface area contributed by atoms with E-state index in [0.717, 1.165) is 17.3 Å². The van der Waals surface area contributed by atoms with Crippen molar-refractivity contribution in [2.75, 3.05) is 12.3 Å². The fourth-order valence-corrected chi connectivity index (χ4v) is 4.81. The molecule has 0 aromatic rings. The van der Waals surface area contributed by atoms with Crippen LogP contribution in [0.1, 0.15) is 25.7 Å². The fraction of sp³-hybridized carbons (Fsp3) is 1.00. The van der Waals surface area contributed by atoms with Crippen molar-refractivity contribution in [1.82, 2.24) is 0 Å². The van der Waals surface area contributed by atoms with Crippen molar-refractivity contribution >= 4 is 18.5 Å². The van der Waals surface area contributed by atoms with Crippen LogP contribution in [-0.2, 0) is 0 Å². The van der Waals surface area contributed by atoms with Gasteiger partial charge in [-0.15, -0.1) is 18.5 Å². The summed E-state index contributed by atoms with van der Waals surface area (Å²) in [7, 11) is 5.92. The lowest BCUT2D eigenvalue weighted by molar-refractivity contribution is 0.230. The third-order valence-electron chi connectivity index (χ3n) is 3.92. The van der Waals surface area contributed by atoms with Crippen LogP contribution in [-0.4, -0.2) is 12.3 Å². The Morgan fingerprint density at radius 2 is 1.91 bits per heavy atom. The first kappa shape index (κ1) is 8.46. The first-order valence-corrected chi connectivity index (χ1v) is 6.34. The SMILES string of the molecule is PCC1(CP)CC2CCC1C2. The maximum absolute atomic E-state index is 2.96. The Hall–Kier alpha value is 0.860. The van der Waals surface area contributed by atoms with Crippen molar-refractivity contribution in [3.8, 4) is 0 Å². The zero-order valence-corrected chi connectivity index (χ0v) is 9.36. The first-order valence-electron chi connectivity index (χ1n) is 4.71. The second kappa shape index (κ2) is 2.97. The van der Waals surface area contributed by atoms with Gasteiger partial charge in [-0.2, -0.15) is 0 Å². The van der Waals surface area contributed by atoms with Crippen LogP contribution < -0.4 is 0 Å². The van der Waals surface area contributed by atoms with Gasteiger partial charge in [0.05, 0.1) is 0 Å². The lowest BCUT2D eigenvalue weighted by atomic mass is 9.76. The molecule has 0 heterocycles. The van der Waals surface area contributed by atoms with E-state index in [1.165, 1.54) is 31.6 Å². The Morgan fingerprint density at radius 1 is 1.18 bits per heavy atom. The number of fused-ring (bicyclic) bond motifs is 2. The van der Waals surface area contributed by atoms with Gasteiger partial charge in [0.25, 0.3) is 0 Å². The van der Waals surface area contributed by atoms with Gasteiger partial charge in [0.2, 0.25) is 0 Å². The number of hydrogen-bond donors (Lipinski definition) is 0. The summed E-state index contributed by atoms with van der Waals surface area (Å²) in [5, 5.41) is 0. The van der Waals surface area contributed by atoms with E-state index in [9.17, 15) is 0 Å². The van der Waals surface area contributed by atoms with Gasteiger partial charge >= 0.3 is 0 Å². The molecule has 11 heavy (non-hydrogen) atoms. The molecular weight excluding hydrogens is 170 g/mol. The zero-order chi connectivity index (χ0) is 7.90. The van der Waals surface area contributed by atoms with Crippen LogP contribution in [0.5, 0.6) is 0 Å². The van der Waals surface area contributed by atoms with E-state index < -0.39 is 0 Å². The molecule has 0 spiro atoms. The Morgan fingerprint density at radius 3 is 2.18 bits per heavy atom. The van der Waals surface area contributed by atoms with Crippen LogP contribution in [0.2, 0.25) is 0 Å². The number of rotatable bonds is 2. The third kappa shape index (κ3) is 1.18. The Balaban J connectivity index is 2.14. The molecule has 2 fully saturated rings. The van der Waals surface area contributed by atoms with Crippen LogP contribution >= 0.6 is 18.5 Å². The van der Waals surface area contributed by atoms with E-state index >= 15 is 0 Å². The highest BCUT2D eigenvalue weighted by atomic mass is 31.0. The first-order chi connectivity index (χ1) is 5.30. The van der Waals surface area contributed by atoms with Crippen LogP contribution in [0.15, 0.2) is 0 Å². The maximum atomic E-state index is 2.96. The topological polar surface area (TPSA) is 0 Å². The minimum Gasteiger partial charge on any atom is -0.137 e. The van der Waals surface area contributed by atoms with Gasteiger partial charge in [-0.25, -0.2) is 0 Å². The van der Waals surface area contributed by atoms with E-state index in [1.54, 1.807) is 6.42 Å². The summed E-state index contributed by atoms with van der Waals surface area (Å²) in [4.78, 5) is 0. The summed E-state index contributed by atoms with van der Waals surface area (Å²) in [6.07, 6.45) is 8.78. The van der Waals surface area contributed by atoms with Crippen LogP contribution in [0, 0.1) is 17.3 Å². The standard InChI is InChI=1S/C9H18P2/c10-5-9(6-11)4-7-1-2-8(9)3-7/h7-8H,1-6,10-11H2. The molecule has 0 aliphatic heterocycles. The van der Waals surface area contributed by atoms with Gasteiger partial charge in [-0.05, 0) is 48.8 Å². The molecule has 2 rings (SSSR count). The van der Waals surface area contributed by atoms with Crippen molar-refractivity contribution < 1.29 is 0 Å². The minimum absolute atomic E-state index is 0.720. The minimum atomic E-state index is 0.720. The second-order valence-electron chi connectivity index (χ2n) is 4.35. The summed E-state index contributed by atoms with van der Waals surface area (Å²) in [6.45, 7) is 0. The third-order valence-corrected chi connectivity index (χ3v) is 5.54. The Kier molecular flexibility index (Phi) is 2.28. The molecular formula is C9H18P2. The smallest absolute Gasteiger partial charge is 0.0197 e. The molecule has 0 nitrogen and oxygen atoms in total. The lowest BCUT2D eigenvalue weighted by Gasteiger charge is -2.35. The molecule has 0 N–H and O–H groups in total. The summed E-state index contributed by atoms with van der Waals surface area (Å²) in [5.74, 6) is 2.17. The van der Waals surface area contributed by atoms with Crippen LogP contribution in [0.3, 0.4) is 0 Å². The van der Waals surface area contributed by atoms with Gasteiger partial charge < -0.3 is 0 Å². The predicted molar refractivity (Wildman–Crippen MR) is 57.0 cm³/mol. The molecule has 64 valence electrons. The summed E-state index contributed by atoms with van der Waals surface area (Å²) in [6, 6.07) is 0. The van der Waals surface area contributed by atoms with Crippen molar-refractivity contribution in [1.29, 1.82) is 0 Å². The summed E-state index contributed by atoms with van der Waals surface area (Å²) >= 11 is 0. The van der Waals surface area contributed by atoms with Crippen LogP contribution in [0.4, 0.5) is 0 Å². The molecule has 0 aromatic heterocycles. The molecule has 0 aromatic carbocycles. The van der Waals surface area contributed by atoms with E-state index in [2.05, 4.69) is 18.5 Å². The molecule has 2 heteroatoms. The average Bonchev–Trinajstić information content (AvgIpc) is 2.62. The highest BCUT2D eigenvalue weighted by Gasteiger charge is 2.48. The highest BCUT2D eigenvalue weighted by molar-refractivity contribution is 7.17. The quantitative estimate of drug-likeness (QED) is 0.584. The van der Waals surface area contributed by atoms with Gasteiger partial charge in [0.1, 0.15) is 0 Å². The molecule has 2 aliphatic rings. The van der Waals surface area contributed by atoms with Crippen molar-refractivity contribution in [3.05, 3.63) is 0 Å². The van der Waals surface area contributed by atoms with Gasteiger partial charge in [0.15, 0.2) is 0 Å². The largest absolute Gasteiger partial charge is 0.137 e. The van der Waals surface area contributed by atoms with E-state index in [0.29, 0.717) is 0 Å².